The zero-order chi connectivity index (χ0) is 7.28. The molecule has 0 aromatic rings. The van der Waals surface area contributed by atoms with Crippen molar-refractivity contribution in [3.8, 4) is 0 Å². The van der Waals surface area contributed by atoms with E-state index < -0.39 is 6.04 Å². The van der Waals surface area contributed by atoms with E-state index in [9.17, 15) is 4.79 Å². The Hall–Kier alpha value is -0.450. The molecule has 0 amide bonds. The van der Waals surface area contributed by atoms with Crippen molar-refractivity contribution in [2.45, 2.75) is 6.04 Å². The SMILES string of the molecule is CN(C)N[C@H](C=O)CO. The van der Waals surface area contributed by atoms with Crippen molar-refractivity contribution in [1.29, 1.82) is 0 Å². The van der Waals surface area contributed by atoms with Gasteiger partial charge < -0.3 is 9.90 Å². The van der Waals surface area contributed by atoms with Crippen LogP contribution in [0.25, 0.3) is 0 Å². The van der Waals surface area contributed by atoms with Gasteiger partial charge in [0.15, 0.2) is 0 Å². The fourth-order valence-corrected chi connectivity index (χ4v) is 0.446. The molecule has 0 saturated heterocycles. The van der Waals surface area contributed by atoms with E-state index in [4.69, 9.17) is 5.11 Å². The lowest BCUT2D eigenvalue weighted by Gasteiger charge is -2.15. The Labute approximate surface area is 54.4 Å². The Morgan fingerprint density at radius 1 is 1.78 bits per heavy atom. The lowest BCUT2D eigenvalue weighted by molar-refractivity contribution is -0.111. The van der Waals surface area contributed by atoms with Gasteiger partial charge in [-0.3, -0.25) is 0 Å². The van der Waals surface area contributed by atoms with Gasteiger partial charge in [0.05, 0.1) is 12.6 Å². The Morgan fingerprint density at radius 3 is 2.44 bits per heavy atom. The zero-order valence-corrected chi connectivity index (χ0v) is 5.66. The molecule has 0 heterocycles. The van der Waals surface area contributed by atoms with Gasteiger partial charge in [-0.05, 0) is 0 Å². The number of carbonyl (C=O) groups is 1. The number of aliphatic hydroxyl groups is 1. The van der Waals surface area contributed by atoms with Crippen molar-refractivity contribution >= 4 is 6.29 Å². The zero-order valence-electron chi connectivity index (χ0n) is 5.66. The highest BCUT2D eigenvalue weighted by atomic mass is 16.3. The van der Waals surface area contributed by atoms with E-state index in [0.29, 0.717) is 6.29 Å². The minimum atomic E-state index is -0.472. The molecule has 0 spiro atoms. The summed E-state index contributed by atoms with van der Waals surface area (Å²) < 4.78 is 0. The van der Waals surface area contributed by atoms with Crippen molar-refractivity contribution in [2.24, 2.45) is 0 Å². The molecule has 0 radical (unpaired) electrons. The smallest absolute Gasteiger partial charge is 0.140 e. The normalized spacial score (nSPS) is 13.8. The van der Waals surface area contributed by atoms with Crippen LogP contribution in [0.5, 0.6) is 0 Å². The van der Waals surface area contributed by atoms with Gasteiger partial charge in [-0.1, -0.05) is 0 Å². The van der Waals surface area contributed by atoms with Crippen LogP contribution in [0.2, 0.25) is 0 Å². The van der Waals surface area contributed by atoms with Crippen molar-refractivity contribution in [3.63, 3.8) is 0 Å². The van der Waals surface area contributed by atoms with E-state index in [1.54, 1.807) is 19.1 Å². The fourth-order valence-electron chi connectivity index (χ4n) is 0.446. The average molecular weight is 132 g/mol. The van der Waals surface area contributed by atoms with Gasteiger partial charge >= 0.3 is 0 Å². The first kappa shape index (κ1) is 8.55. The molecule has 2 N–H and O–H groups in total. The third-order valence-electron chi connectivity index (χ3n) is 0.785. The van der Waals surface area contributed by atoms with Crippen LogP contribution < -0.4 is 5.43 Å². The molecular weight excluding hydrogens is 120 g/mol. The largest absolute Gasteiger partial charge is 0.394 e. The van der Waals surface area contributed by atoms with Gasteiger partial charge in [-0.15, -0.1) is 0 Å². The lowest BCUT2D eigenvalue weighted by atomic mass is 10.4. The second-order valence-electron chi connectivity index (χ2n) is 1.95. The average Bonchev–Trinajstić information content (AvgIpc) is 1.82. The van der Waals surface area contributed by atoms with Crippen LogP contribution in [0.15, 0.2) is 0 Å². The molecular formula is C5H12N2O2. The summed E-state index contributed by atoms with van der Waals surface area (Å²) in [6, 6.07) is -0.472. The molecule has 4 nitrogen and oxygen atoms in total. The summed E-state index contributed by atoms with van der Waals surface area (Å²) in [5.74, 6) is 0. The van der Waals surface area contributed by atoms with Gasteiger partial charge in [0.2, 0.25) is 0 Å². The maximum absolute atomic E-state index is 10.0. The molecule has 0 bridgehead atoms. The van der Waals surface area contributed by atoms with Crippen molar-refractivity contribution in [2.75, 3.05) is 20.7 Å². The Bertz CT molecular complexity index is 85.0. The van der Waals surface area contributed by atoms with Crippen LogP contribution in [0.1, 0.15) is 0 Å². The number of rotatable bonds is 4. The van der Waals surface area contributed by atoms with E-state index in [1.807, 2.05) is 0 Å². The van der Waals surface area contributed by atoms with E-state index in [0.717, 1.165) is 0 Å². The van der Waals surface area contributed by atoms with Gasteiger partial charge in [0.1, 0.15) is 6.29 Å². The molecule has 0 aliphatic rings. The molecule has 0 fully saturated rings. The van der Waals surface area contributed by atoms with E-state index in [2.05, 4.69) is 5.43 Å². The molecule has 0 aliphatic heterocycles. The molecule has 54 valence electrons. The van der Waals surface area contributed by atoms with Crippen LogP contribution >= 0.6 is 0 Å². The van der Waals surface area contributed by atoms with Crippen LogP contribution in [-0.4, -0.2) is 43.1 Å². The van der Waals surface area contributed by atoms with Crippen LogP contribution in [-0.2, 0) is 4.79 Å². The van der Waals surface area contributed by atoms with Crippen molar-refractivity contribution < 1.29 is 9.90 Å². The molecule has 0 unspecified atom stereocenters. The maximum Gasteiger partial charge on any atom is 0.140 e. The standard InChI is InChI=1S/C5H12N2O2/c1-7(2)6-5(3-8)4-9/h3,5-6,9H,4H2,1-2H3/t5-/m1/s1. The first-order valence-electron chi connectivity index (χ1n) is 2.70. The highest BCUT2D eigenvalue weighted by Crippen LogP contribution is 1.74. The van der Waals surface area contributed by atoms with Crippen LogP contribution in [0, 0.1) is 0 Å². The van der Waals surface area contributed by atoms with Gasteiger partial charge in [0.25, 0.3) is 0 Å². The number of nitrogens with one attached hydrogen (secondary N) is 1. The molecule has 0 rings (SSSR count). The predicted molar refractivity (Wildman–Crippen MR) is 33.8 cm³/mol. The van der Waals surface area contributed by atoms with Crippen LogP contribution in [0.4, 0.5) is 0 Å². The molecule has 1 atom stereocenters. The summed E-state index contributed by atoms with van der Waals surface area (Å²) in [5, 5.41) is 10.1. The van der Waals surface area contributed by atoms with E-state index in [1.165, 1.54) is 0 Å². The predicted octanol–water partition coefficient (Wildman–Crippen LogP) is -1.39. The van der Waals surface area contributed by atoms with E-state index >= 15 is 0 Å². The quantitative estimate of drug-likeness (QED) is 0.365. The second-order valence-corrected chi connectivity index (χ2v) is 1.95. The Morgan fingerprint density at radius 2 is 2.33 bits per heavy atom. The molecule has 0 aromatic carbocycles. The number of hydrogen-bond acceptors (Lipinski definition) is 4. The van der Waals surface area contributed by atoms with E-state index in [-0.39, 0.29) is 6.61 Å². The fraction of sp³-hybridized carbons (Fsp3) is 0.800. The number of aldehydes is 1. The number of aliphatic hydroxyl groups excluding tert-OH is 1. The van der Waals surface area contributed by atoms with Gasteiger partial charge in [-0.2, -0.15) is 0 Å². The molecule has 0 saturated carbocycles. The third-order valence-corrected chi connectivity index (χ3v) is 0.785. The monoisotopic (exact) mass is 132 g/mol. The summed E-state index contributed by atoms with van der Waals surface area (Å²) in [6.07, 6.45) is 0.667. The minimum absolute atomic E-state index is 0.165. The number of carbonyl (C=O) groups excluding carboxylic acids is 1. The molecule has 0 aliphatic carbocycles. The molecule has 9 heavy (non-hydrogen) atoms. The lowest BCUT2D eigenvalue weighted by Crippen LogP contribution is -2.42. The maximum atomic E-state index is 10.0. The first-order valence-corrected chi connectivity index (χ1v) is 2.70. The highest BCUT2D eigenvalue weighted by Gasteiger charge is 2.03. The molecule has 0 aromatic heterocycles. The third kappa shape index (κ3) is 4.08. The summed E-state index contributed by atoms with van der Waals surface area (Å²) >= 11 is 0. The van der Waals surface area contributed by atoms with Crippen molar-refractivity contribution in [1.82, 2.24) is 10.4 Å². The summed E-state index contributed by atoms with van der Waals surface area (Å²) in [5.41, 5.74) is 2.69. The summed E-state index contributed by atoms with van der Waals surface area (Å²) in [4.78, 5) is 10.0. The number of hydrogen-bond donors (Lipinski definition) is 2. The topological polar surface area (TPSA) is 52.6 Å². The van der Waals surface area contributed by atoms with Gasteiger partial charge in [-0.25, -0.2) is 10.4 Å². The summed E-state index contributed by atoms with van der Waals surface area (Å²) in [6.45, 7) is -0.165. The second kappa shape index (κ2) is 4.43. The van der Waals surface area contributed by atoms with Crippen LogP contribution in [0.3, 0.4) is 0 Å². The Kier molecular flexibility index (Phi) is 4.21. The molecule has 4 heteroatoms. The minimum Gasteiger partial charge on any atom is -0.394 e. The Balaban J connectivity index is 3.42. The van der Waals surface area contributed by atoms with Crippen molar-refractivity contribution in [3.05, 3.63) is 0 Å². The highest BCUT2D eigenvalue weighted by molar-refractivity contribution is 5.57. The first-order chi connectivity index (χ1) is 4.20. The summed E-state index contributed by atoms with van der Waals surface area (Å²) in [7, 11) is 3.51. The van der Waals surface area contributed by atoms with Gasteiger partial charge in [0, 0.05) is 14.1 Å². The number of hydrazine groups is 1. The number of nitrogens with zero attached hydrogens (tertiary/aromatic N) is 1.